The van der Waals surface area contributed by atoms with E-state index in [0.717, 1.165) is 0 Å². The zero-order chi connectivity index (χ0) is 12.0. The van der Waals surface area contributed by atoms with Crippen LogP contribution in [0.4, 0.5) is 5.69 Å². The van der Waals surface area contributed by atoms with Crippen molar-refractivity contribution < 1.29 is 9.66 Å². The summed E-state index contributed by atoms with van der Waals surface area (Å²) >= 11 is 5.47. The summed E-state index contributed by atoms with van der Waals surface area (Å²) in [5.41, 5.74) is 0.498. The van der Waals surface area contributed by atoms with Crippen LogP contribution in [0.1, 0.15) is 12.0 Å². The third kappa shape index (κ3) is 3.14. The Kier molecular flexibility index (Phi) is 4.62. The van der Waals surface area contributed by atoms with E-state index < -0.39 is 4.92 Å². The average Bonchev–Trinajstić information content (AvgIpc) is 2.29. The highest BCUT2D eigenvalue weighted by Crippen LogP contribution is 2.27. The van der Waals surface area contributed by atoms with Crippen molar-refractivity contribution in [1.82, 2.24) is 0 Å². The van der Waals surface area contributed by atoms with E-state index in [2.05, 4.69) is 11.8 Å². The van der Waals surface area contributed by atoms with Crippen LogP contribution in [0.5, 0.6) is 5.75 Å². The average molecular weight is 240 g/mol. The molecule has 0 aliphatic rings. The molecule has 1 aromatic carbocycles. The van der Waals surface area contributed by atoms with Crippen molar-refractivity contribution in [1.29, 1.82) is 0 Å². The lowest BCUT2D eigenvalue weighted by Gasteiger charge is -2.00. The molecular weight excluding hydrogens is 230 g/mol. The van der Waals surface area contributed by atoms with Crippen molar-refractivity contribution >= 4 is 17.3 Å². The van der Waals surface area contributed by atoms with Gasteiger partial charge in [-0.1, -0.05) is 11.8 Å². The topological polar surface area (TPSA) is 52.4 Å². The summed E-state index contributed by atoms with van der Waals surface area (Å²) in [4.78, 5) is 10.2. The summed E-state index contributed by atoms with van der Waals surface area (Å²) in [6.45, 7) is 0. The largest absolute Gasteiger partial charge is 0.490 e. The molecule has 16 heavy (non-hydrogen) atoms. The Morgan fingerprint density at radius 1 is 1.56 bits per heavy atom. The molecule has 0 aromatic heterocycles. The standard InChI is InChI=1S/C11H10ClNO3/c1-16-11-6-5-9(4-2-3-7-12)8-10(11)13(14)15/h5-6,8H,3,7H2,1H3. The molecule has 0 atom stereocenters. The first-order valence-electron chi connectivity index (χ1n) is 4.56. The van der Waals surface area contributed by atoms with E-state index in [1.165, 1.54) is 19.2 Å². The van der Waals surface area contributed by atoms with Crippen LogP contribution in [-0.4, -0.2) is 17.9 Å². The highest BCUT2D eigenvalue weighted by atomic mass is 35.5. The molecule has 0 bridgehead atoms. The molecule has 0 fully saturated rings. The summed E-state index contributed by atoms with van der Waals surface area (Å²) in [6.07, 6.45) is 0.557. The van der Waals surface area contributed by atoms with E-state index in [1.807, 2.05) is 0 Å². The van der Waals surface area contributed by atoms with Crippen LogP contribution in [0, 0.1) is 22.0 Å². The summed E-state index contributed by atoms with van der Waals surface area (Å²) in [6, 6.07) is 4.59. The Morgan fingerprint density at radius 2 is 2.31 bits per heavy atom. The molecule has 1 aromatic rings. The fourth-order valence-corrected chi connectivity index (χ4v) is 1.22. The third-order valence-corrected chi connectivity index (χ3v) is 2.02. The molecule has 0 saturated carbocycles. The fourth-order valence-electron chi connectivity index (χ4n) is 1.12. The molecular formula is C11H10ClNO3. The van der Waals surface area contributed by atoms with Crippen molar-refractivity contribution in [3.63, 3.8) is 0 Å². The minimum absolute atomic E-state index is 0.0832. The summed E-state index contributed by atoms with van der Waals surface area (Å²) < 4.78 is 4.88. The van der Waals surface area contributed by atoms with Crippen LogP contribution in [0.25, 0.3) is 0 Å². The molecule has 0 spiro atoms. The van der Waals surface area contributed by atoms with E-state index in [9.17, 15) is 10.1 Å². The summed E-state index contributed by atoms with van der Waals surface area (Å²) in [5, 5.41) is 10.7. The Hall–Kier alpha value is -1.73. The maximum absolute atomic E-state index is 10.7. The van der Waals surface area contributed by atoms with E-state index in [0.29, 0.717) is 17.9 Å². The smallest absolute Gasteiger partial charge is 0.312 e. The molecule has 4 nitrogen and oxygen atoms in total. The lowest BCUT2D eigenvalue weighted by Crippen LogP contribution is -1.94. The number of hydrogen-bond donors (Lipinski definition) is 0. The molecule has 0 heterocycles. The molecule has 5 heteroatoms. The lowest BCUT2D eigenvalue weighted by atomic mass is 10.2. The molecule has 0 aliphatic heterocycles. The highest BCUT2D eigenvalue weighted by molar-refractivity contribution is 6.18. The van der Waals surface area contributed by atoms with Crippen LogP contribution in [0.3, 0.4) is 0 Å². The third-order valence-electron chi connectivity index (χ3n) is 1.83. The van der Waals surface area contributed by atoms with Gasteiger partial charge in [0.1, 0.15) is 0 Å². The molecule has 0 saturated heterocycles. The van der Waals surface area contributed by atoms with Gasteiger partial charge in [0.25, 0.3) is 0 Å². The molecule has 0 amide bonds. The Bertz CT molecular complexity index is 448. The number of hydrogen-bond acceptors (Lipinski definition) is 3. The van der Waals surface area contributed by atoms with Crippen LogP contribution in [0.2, 0.25) is 0 Å². The number of halogens is 1. The second kappa shape index (κ2) is 5.99. The van der Waals surface area contributed by atoms with Gasteiger partial charge in [-0.2, -0.15) is 0 Å². The second-order valence-electron chi connectivity index (χ2n) is 2.88. The van der Waals surface area contributed by atoms with Gasteiger partial charge in [0.15, 0.2) is 5.75 Å². The van der Waals surface area contributed by atoms with Crippen molar-refractivity contribution in [3.05, 3.63) is 33.9 Å². The number of alkyl halides is 1. The number of methoxy groups -OCH3 is 1. The maximum Gasteiger partial charge on any atom is 0.312 e. The number of benzene rings is 1. The molecule has 0 unspecified atom stereocenters. The van der Waals surface area contributed by atoms with E-state index in [4.69, 9.17) is 16.3 Å². The van der Waals surface area contributed by atoms with Crippen molar-refractivity contribution in [2.75, 3.05) is 13.0 Å². The first kappa shape index (κ1) is 12.3. The van der Waals surface area contributed by atoms with Gasteiger partial charge in [-0.05, 0) is 12.1 Å². The molecule has 0 aliphatic carbocycles. The predicted octanol–water partition coefficient (Wildman–Crippen LogP) is 2.58. The normalized spacial score (nSPS) is 9.12. The monoisotopic (exact) mass is 239 g/mol. The van der Waals surface area contributed by atoms with Crippen molar-refractivity contribution in [2.45, 2.75) is 6.42 Å². The first-order valence-corrected chi connectivity index (χ1v) is 5.09. The van der Waals surface area contributed by atoms with E-state index in [-0.39, 0.29) is 11.4 Å². The Balaban J connectivity index is 3.04. The van der Waals surface area contributed by atoms with Gasteiger partial charge < -0.3 is 4.74 Å². The predicted molar refractivity (Wildman–Crippen MR) is 61.9 cm³/mol. The second-order valence-corrected chi connectivity index (χ2v) is 3.26. The number of nitro benzene ring substituents is 1. The number of nitrogens with zero attached hydrogens (tertiary/aromatic N) is 1. The molecule has 0 N–H and O–H groups in total. The van der Waals surface area contributed by atoms with Gasteiger partial charge in [-0.3, -0.25) is 10.1 Å². The van der Waals surface area contributed by atoms with Gasteiger partial charge in [0.2, 0.25) is 0 Å². The first-order chi connectivity index (χ1) is 7.69. The minimum atomic E-state index is -0.494. The molecule has 1 rings (SSSR count). The highest BCUT2D eigenvalue weighted by Gasteiger charge is 2.14. The van der Waals surface area contributed by atoms with Crippen molar-refractivity contribution in [3.8, 4) is 17.6 Å². The zero-order valence-electron chi connectivity index (χ0n) is 8.70. The molecule has 0 radical (unpaired) electrons. The van der Waals surface area contributed by atoms with E-state index >= 15 is 0 Å². The van der Waals surface area contributed by atoms with Crippen LogP contribution < -0.4 is 4.74 Å². The Labute approximate surface area is 98.3 Å². The van der Waals surface area contributed by atoms with E-state index in [1.54, 1.807) is 6.07 Å². The van der Waals surface area contributed by atoms with Gasteiger partial charge in [-0.15, -0.1) is 11.6 Å². The van der Waals surface area contributed by atoms with Gasteiger partial charge >= 0.3 is 5.69 Å². The number of rotatable bonds is 3. The van der Waals surface area contributed by atoms with Crippen LogP contribution >= 0.6 is 11.6 Å². The number of ether oxygens (including phenoxy) is 1. The number of nitro groups is 1. The van der Waals surface area contributed by atoms with Gasteiger partial charge in [-0.25, -0.2) is 0 Å². The minimum Gasteiger partial charge on any atom is -0.490 e. The molecule has 84 valence electrons. The van der Waals surface area contributed by atoms with Crippen LogP contribution in [0.15, 0.2) is 18.2 Å². The quantitative estimate of drug-likeness (QED) is 0.353. The Morgan fingerprint density at radius 3 is 2.88 bits per heavy atom. The zero-order valence-corrected chi connectivity index (χ0v) is 9.45. The lowest BCUT2D eigenvalue weighted by molar-refractivity contribution is -0.385. The van der Waals surface area contributed by atoms with Gasteiger partial charge in [0, 0.05) is 23.9 Å². The summed E-state index contributed by atoms with van der Waals surface area (Å²) in [7, 11) is 1.39. The fraction of sp³-hybridized carbons (Fsp3) is 0.273. The van der Waals surface area contributed by atoms with Crippen molar-refractivity contribution in [2.24, 2.45) is 0 Å². The maximum atomic E-state index is 10.7. The van der Waals surface area contributed by atoms with Crippen LogP contribution in [-0.2, 0) is 0 Å². The van der Waals surface area contributed by atoms with Gasteiger partial charge in [0.05, 0.1) is 12.0 Å². The summed E-state index contributed by atoms with van der Waals surface area (Å²) in [5.74, 6) is 6.29. The SMILES string of the molecule is COc1ccc(C#CCCCl)cc1[N+](=O)[O-].